The van der Waals surface area contributed by atoms with Crippen molar-refractivity contribution < 1.29 is 23.8 Å². The maximum atomic E-state index is 14.1. The first-order valence-corrected chi connectivity index (χ1v) is 15.9. The van der Waals surface area contributed by atoms with Gasteiger partial charge < -0.3 is 29.5 Å². The molecule has 7 rings (SSSR count). The monoisotopic (exact) mass is 635 g/mol. The molecule has 2 aliphatic carbocycles. The van der Waals surface area contributed by atoms with Gasteiger partial charge in [0.1, 0.15) is 24.7 Å². The maximum absolute atomic E-state index is 14.1. The Balaban J connectivity index is 1.18. The molecule has 2 saturated carbocycles. The molecular weight excluding hydrogens is 597 g/mol. The summed E-state index contributed by atoms with van der Waals surface area (Å²) >= 11 is 0. The molecule has 0 aromatic carbocycles. The Bertz CT molecular complexity index is 1780. The highest BCUT2D eigenvalue weighted by Crippen LogP contribution is 2.56. The third-order valence-corrected chi connectivity index (χ3v) is 9.84. The minimum atomic E-state index is -0.728. The van der Waals surface area contributed by atoms with Crippen LogP contribution in [-0.2, 0) is 22.5 Å². The molecule has 2 amide bonds. The third-order valence-electron chi connectivity index (χ3n) is 9.84. The molecule has 0 atom stereocenters. The number of rotatable bonds is 7. The predicted octanol–water partition coefficient (Wildman–Crippen LogP) is 1.42. The van der Waals surface area contributed by atoms with Gasteiger partial charge in [-0.25, -0.2) is 14.4 Å². The van der Waals surface area contributed by atoms with Crippen LogP contribution in [0.4, 0.5) is 10.1 Å². The lowest BCUT2D eigenvalue weighted by Crippen LogP contribution is -2.57. The Kier molecular flexibility index (Phi) is 7.73. The first-order chi connectivity index (χ1) is 22.2. The van der Waals surface area contributed by atoms with Gasteiger partial charge in [0.2, 0.25) is 11.7 Å². The third kappa shape index (κ3) is 5.29. The van der Waals surface area contributed by atoms with Crippen LogP contribution in [0, 0.1) is 12.3 Å². The summed E-state index contributed by atoms with van der Waals surface area (Å²) in [7, 11) is 0. The highest BCUT2D eigenvalue weighted by atomic mass is 19.1. The number of anilines is 1. The van der Waals surface area contributed by atoms with Gasteiger partial charge in [0.25, 0.3) is 11.5 Å². The number of ether oxygens (including phenoxy) is 1. The molecule has 46 heavy (non-hydrogen) atoms. The van der Waals surface area contributed by atoms with Crippen molar-refractivity contribution in [1.29, 1.82) is 0 Å². The fourth-order valence-electron chi connectivity index (χ4n) is 7.42. The van der Waals surface area contributed by atoms with Gasteiger partial charge in [-0.2, -0.15) is 9.50 Å². The molecule has 5 heterocycles. The number of aromatic nitrogens is 6. The van der Waals surface area contributed by atoms with Crippen molar-refractivity contribution in [3.05, 3.63) is 45.7 Å². The molecule has 3 fully saturated rings. The lowest BCUT2D eigenvalue weighted by molar-refractivity contribution is -0.126. The van der Waals surface area contributed by atoms with Crippen molar-refractivity contribution in [1.82, 2.24) is 39.3 Å². The van der Waals surface area contributed by atoms with E-state index in [0.29, 0.717) is 88.0 Å². The van der Waals surface area contributed by atoms with Crippen molar-refractivity contribution in [2.75, 3.05) is 44.3 Å². The van der Waals surface area contributed by atoms with E-state index in [0.717, 1.165) is 18.4 Å². The number of piperazine rings is 1. The zero-order chi connectivity index (χ0) is 32.2. The van der Waals surface area contributed by atoms with Gasteiger partial charge in [-0.3, -0.25) is 14.4 Å². The molecule has 0 radical (unpaired) electrons. The van der Waals surface area contributed by atoms with Gasteiger partial charge in [0.05, 0.1) is 24.6 Å². The van der Waals surface area contributed by atoms with E-state index in [1.807, 2.05) is 17.9 Å². The number of hydrogen-bond donors (Lipinski definition) is 2. The van der Waals surface area contributed by atoms with Gasteiger partial charge >= 0.3 is 0 Å². The number of aryl methyl sites for hydroxylation is 1. The standard InChI is InChI=1S/C31H38FN9O5/c1-3-22-25(38-6-8-39(9-7-38)28(44)24-26(43)18(2)33-17-34-24)29(45)41-30(36-27(37-41)19-4-10-46-11-5-19)40(22)16-23(42)35-21-14-31(15-21)12-20(32)13-31/h4,17,20-21,43H,3,5-16H2,1-2H3,(H,35,42). The summed E-state index contributed by atoms with van der Waals surface area (Å²) in [5.74, 6) is -0.137. The molecule has 3 aromatic rings. The number of nitrogens with zero attached hydrogens (tertiary/aromatic N) is 8. The highest BCUT2D eigenvalue weighted by Gasteiger charge is 2.53. The molecule has 15 heteroatoms. The summed E-state index contributed by atoms with van der Waals surface area (Å²) in [6.07, 6.45) is 6.20. The summed E-state index contributed by atoms with van der Waals surface area (Å²) in [6, 6.07) is 0.00417. The van der Waals surface area contributed by atoms with Crippen LogP contribution in [-0.4, -0.2) is 103 Å². The van der Waals surface area contributed by atoms with Crippen LogP contribution >= 0.6 is 0 Å². The molecule has 4 aliphatic rings. The van der Waals surface area contributed by atoms with Crippen LogP contribution in [0.5, 0.6) is 5.75 Å². The Morgan fingerprint density at radius 3 is 2.59 bits per heavy atom. The SMILES string of the molecule is CCc1c(N2CCN(C(=O)c3ncnc(C)c3O)CC2)c(=O)n2nc(C3=CCOCC3)nc2n1CC(=O)NC1CC2(CC(F)C2)C1. The van der Waals surface area contributed by atoms with Crippen LogP contribution < -0.4 is 15.8 Å². The summed E-state index contributed by atoms with van der Waals surface area (Å²) in [4.78, 5) is 57.0. The van der Waals surface area contributed by atoms with Crippen molar-refractivity contribution >= 4 is 28.9 Å². The largest absolute Gasteiger partial charge is 0.504 e. The average molecular weight is 636 g/mol. The van der Waals surface area contributed by atoms with E-state index >= 15 is 0 Å². The van der Waals surface area contributed by atoms with Gasteiger partial charge in [-0.1, -0.05) is 13.0 Å². The number of hydrogen-bond acceptors (Lipinski definition) is 10. The van der Waals surface area contributed by atoms with Crippen LogP contribution in [0.1, 0.15) is 66.7 Å². The quantitative estimate of drug-likeness (QED) is 0.389. The van der Waals surface area contributed by atoms with Gasteiger partial charge in [0, 0.05) is 32.2 Å². The molecule has 0 unspecified atom stereocenters. The molecule has 14 nitrogen and oxygen atoms in total. The van der Waals surface area contributed by atoms with E-state index in [1.54, 1.807) is 16.4 Å². The maximum Gasteiger partial charge on any atom is 0.299 e. The minimum absolute atomic E-state index is 0.00417. The van der Waals surface area contributed by atoms with Gasteiger partial charge in [-0.05, 0) is 56.4 Å². The van der Waals surface area contributed by atoms with Gasteiger partial charge in [-0.15, -0.1) is 5.10 Å². The van der Waals surface area contributed by atoms with Crippen molar-refractivity contribution in [2.45, 2.75) is 71.1 Å². The molecule has 3 aromatic heterocycles. The summed E-state index contributed by atoms with van der Waals surface area (Å²) in [5.41, 5.74) is 1.91. The smallest absolute Gasteiger partial charge is 0.299 e. The van der Waals surface area contributed by atoms with Crippen LogP contribution in [0.15, 0.2) is 17.2 Å². The highest BCUT2D eigenvalue weighted by molar-refractivity contribution is 5.95. The van der Waals surface area contributed by atoms with E-state index in [2.05, 4.69) is 20.4 Å². The number of fused-ring (bicyclic) bond motifs is 1. The predicted molar refractivity (Wildman–Crippen MR) is 164 cm³/mol. The fraction of sp³-hybridized carbons (Fsp3) is 0.581. The molecular formula is C31H38FN9O5. The van der Waals surface area contributed by atoms with Crippen LogP contribution in [0.3, 0.4) is 0 Å². The molecule has 2 N–H and O–H groups in total. The molecule has 2 aliphatic heterocycles. The Hall–Kier alpha value is -4.40. The zero-order valence-electron chi connectivity index (χ0n) is 26.0. The first kappa shape index (κ1) is 30.3. The van der Waals surface area contributed by atoms with E-state index in [9.17, 15) is 23.9 Å². The van der Waals surface area contributed by atoms with E-state index < -0.39 is 12.1 Å². The second kappa shape index (κ2) is 11.8. The first-order valence-electron chi connectivity index (χ1n) is 15.9. The van der Waals surface area contributed by atoms with Crippen LogP contribution in [0.25, 0.3) is 11.4 Å². The average Bonchev–Trinajstić information content (AvgIpc) is 3.48. The number of amides is 2. The Morgan fingerprint density at radius 2 is 1.91 bits per heavy atom. The van der Waals surface area contributed by atoms with E-state index in [1.165, 1.54) is 10.8 Å². The van der Waals surface area contributed by atoms with Crippen LogP contribution in [0.2, 0.25) is 0 Å². The lowest BCUT2D eigenvalue weighted by atomic mass is 9.53. The zero-order valence-corrected chi connectivity index (χ0v) is 26.0. The number of carbonyl (C=O) groups excluding carboxylic acids is 2. The number of nitrogens with one attached hydrogen (secondary N) is 1. The summed E-state index contributed by atoms with van der Waals surface area (Å²) < 4.78 is 22.0. The van der Waals surface area contributed by atoms with Gasteiger partial charge in [0.15, 0.2) is 17.3 Å². The van der Waals surface area contributed by atoms with E-state index in [4.69, 9.17) is 9.72 Å². The number of aromatic hydroxyl groups is 1. The topological polar surface area (TPSA) is 160 Å². The molecule has 1 spiro atoms. The second-order valence-corrected chi connectivity index (χ2v) is 12.9. The summed E-state index contributed by atoms with van der Waals surface area (Å²) in [5, 5.41) is 18.1. The lowest BCUT2D eigenvalue weighted by Gasteiger charge is -2.55. The van der Waals surface area contributed by atoms with E-state index in [-0.39, 0.29) is 46.7 Å². The summed E-state index contributed by atoms with van der Waals surface area (Å²) in [6.45, 7) is 5.72. The second-order valence-electron chi connectivity index (χ2n) is 12.9. The van der Waals surface area contributed by atoms with Crippen molar-refractivity contribution in [3.63, 3.8) is 0 Å². The minimum Gasteiger partial charge on any atom is -0.504 e. The van der Waals surface area contributed by atoms with Crippen molar-refractivity contribution in [2.24, 2.45) is 5.41 Å². The number of halogens is 1. The Morgan fingerprint density at radius 1 is 1.15 bits per heavy atom. The molecule has 1 saturated heterocycles. The molecule has 244 valence electrons. The molecule has 0 bridgehead atoms. The Labute approximate surface area is 264 Å². The number of alkyl halides is 1. The van der Waals surface area contributed by atoms with Crippen molar-refractivity contribution in [3.8, 4) is 5.75 Å². The fourth-order valence-corrected chi connectivity index (χ4v) is 7.42. The normalized spacial score (nSPS) is 24.5. The number of carbonyl (C=O) groups is 2.